The van der Waals surface area contributed by atoms with E-state index in [1.54, 1.807) is 12.1 Å². The van der Waals surface area contributed by atoms with Gasteiger partial charge in [0.05, 0.1) is 0 Å². The van der Waals surface area contributed by atoms with Gasteiger partial charge in [-0.1, -0.05) is 24.3 Å². The molecule has 0 bridgehead atoms. The van der Waals surface area contributed by atoms with Crippen molar-refractivity contribution in [1.29, 1.82) is 0 Å². The number of hydrogen-bond acceptors (Lipinski definition) is 2. The highest BCUT2D eigenvalue weighted by atomic mass is 19.1. The number of nitrogens with two attached hydrogens (primary N) is 1. The van der Waals surface area contributed by atoms with Crippen molar-refractivity contribution in [2.45, 2.75) is 25.9 Å². The molecule has 0 saturated heterocycles. The molecule has 0 saturated carbocycles. The minimum atomic E-state index is -0.217. The van der Waals surface area contributed by atoms with E-state index in [2.05, 4.69) is 6.07 Å². The van der Waals surface area contributed by atoms with Crippen molar-refractivity contribution in [2.75, 3.05) is 6.54 Å². The van der Waals surface area contributed by atoms with Gasteiger partial charge in [-0.15, -0.1) is 0 Å². The lowest BCUT2D eigenvalue weighted by Crippen LogP contribution is -2.17. The van der Waals surface area contributed by atoms with Crippen LogP contribution in [0.2, 0.25) is 0 Å². The summed E-state index contributed by atoms with van der Waals surface area (Å²) in [6.07, 6.45) is 1.79. The van der Waals surface area contributed by atoms with Crippen LogP contribution in [0.1, 0.15) is 17.5 Å². The largest absolute Gasteiger partial charge is 0.489 e. The highest BCUT2D eigenvalue weighted by Crippen LogP contribution is 2.41. The number of ether oxygens (including phenoxy) is 1. The van der Waals surface area contributed by atoms with Crippen molar-refractivity contribution in [2.24, 2.45) is 5.73 Å². The summed E-state index contributed by atoms with van der Waals surface area (Å²) in [6, 6.07) is 10.9. The third-order valence-electron chi connectivity index (χ3n) is 3.69. The molecule has 1 heterocycles. The molecule has 0 aromatic heterocycles. The SMILES string of the molecule is Cc1cc2c(c(-c3ccccc3F)c1)OC(CCN)C2. The van der Waals surface area contributed by atoms with Gasteiger partial charge in [0, 0.05) is 17.5 Å². The summed E-state index contributed by atoms with van der Waals surface area (Å²) < 4.78 is 20.0. The minimum Gasteiger partial charge on any atom is -0.489 e. The van der Waals surface area contributed by atoms with Crippen LogP contribution in [0.25, 0.3) is 11.1 Å². The number of benzene rings is 2. The monoisotopic (exact) mass is 271 g/mol. The zero-order chi connectivity index (χ0) is 14.1. The lowest BCUT2D eigenvalue weighted by molar-refractivity contribution is 0.225. The Balaban J connectivity index is 2.08. The molecule has 3 heteroatoms. The minimum absolute atomic E-state index is 0.113. The van der Waals surface area contributed by atoms with E-state index in [9.17, 15) is 4.39 Å². The van der Waals surface area contributed by atoms with E-state index in [0.717, 1.165) is 35.3 Å². The zero-order valence-corrected chi connectivity index (χ0v) is 11.5. The summed E-state index contributed by atoms with van der Waals surface area (Å²) in [6.45, 7) is 2.63. The Bertz CT molecular complexity index is 639. The number of aryl methyl sites for hydroxylation is 1. The number of hydrogen-bond donors (Lipinski definition) is 1. The molecule has 1 unspecified atom stereocenters. The number of fused-ring (bicyclic) bond motifs is 1. The summed E-state index contributed by atoms with van der Waals surface area (Å²) in [5.74, 6) is 0.602. The van der Waals surface area contributed by atoms with Gasteiger partial charge in [0.1, 0.15) is 17.7 Å². The molecule has 0 fully saturated rings. The van der Waals surface area contributed by atoms with Crippen LogP contribution < -0.4 is 10.5 Å². The summed E-state index contributed by atoms with van der Waals surface area (Å²) >= 11 is 0. The molecule has 1 aliphatic heterocycles. The van der Waals surface area contributed by atoms with E-state index in [0.29, 0.717) is 12.1 Å². The second-order valence-corrected chi connectivity index (χ2v) is 5.30. The van der Waals surface area contributed by atoms with Crippen molar-refractivity contribution in [3.8, 4) is 16.9 Å². The van der Waals surface area contributed by atoms with Crippen molar-refractivity contribution in [1.82, 2.24) is 0 Å². The third kappa shape index (κ3) is 2.29. The second kappa shape index (κ2) is 5.25. The first-order valence-corrected chi connectivity index (χ1v) is 6.94. The van der Waals surface area contributed by atoms with Gasteiger partial charge in [0.15, 0.2) is 0 Å². The molecular formula is C17H18FNO. The summed E-state index contributed by atoms with van der Waals surface area (Å²) in [5, 5.41) is 0. The molecule has 1 atom stereocenters. The fourth-order valence-corrected chi connectivity index (χ4v) is 2.82. The second-order valence-electron chi connectivity index (χ2n) is 5.30. The van der Waals surface area contributed by atoms with E-state index < -0.39 is 0 Å². The number of halogens is 1. The molecule has 2 nitrogen and oxygen atoms in total. The van der Waals surface area contributed by atoms with E-state index in [-0.39, 0.29) is 11.9 Å². The fraction of sp³-hybridized carbons (Fsp3) is 0.294. The summed E-state index contributed by atoms with van der Waals surface area (Å²) in [7, 11) is 0. The maximum Gasteiger partial charge on any atom is 0.131 e. The molecular weight excluding hydrogens is 253 g/mol. The molecule has 2 N–H and O–H groups in total. The molecule has 0 spiro atoms. The summed E-state index contributed by atoms with van der Waals surface area (Å²) in [4.78, 5) is 0. The van der Waals surface area contributed by atoms with Crippen LogP contribution in [0, 0.1) is 12.7 Å². The maximum absolute atomic E-state index is 14.0. The molecule has 2 aromatic rings. The van der Waals surface area contributed by atoms with Gasteiger partial charge in [0.2, 0.25) is 0 Å². The Kier molecular flexibility index (Phi) is 3.45. The zero-order valence-electron chi connectivity index (χ0n) is 11.5. The van der Waals surface area contributed by atoms with Gasteiger partial charge in [0.25, 0.3) is 0 Å². The molecule has 1 aliphatic rings. The van der Waals surface area contributed by atoms with E-state index >= 15 is 0 Å². The Hall–Kier alpha value is -1.87. The average Bonchev–Trinajstić information content (AvgIpc) is 2.81. The van der Waals surface area contributed by atoms with Crippen LogP contribution in [0.3, 0.4) is 0 Å². The van der Waals surface area contributed by atoms with Gasteiger partial charge in [-0.05, 0) is 43.1 Å². The number of rotatable bonds is 3. The molecule has 20 heavy (non-hydrogen) atoms. The fourth-order valence-electron chi connectivity index (χ4n) is 2.82. The lowest BCUT2D eigenvalue weighted by atomic mass is 9.97. The van der Waals surface area contributed by atoms with Crippen molar-refractivity contribution in [3.63, 3.8) is 0 Å². The highest BCUT2D eigenvalue weighted by Gasteiger charge is 2.26. The van der Waals surface area contributed by atoms with E-state index in [1.807, 2.05) is 19.1 Å². The lowest BCUT2D eigenvalue weighted by Gasteiger charge is -2.13. The van der Waals surface area contributed by atoms with Gasteiger partial charge < -0.3 is 10.5 Å². The standard InChI is InChI=1S/C17H18FNO/c1-11-8-12-10-13(6-7-19)20-17(12)15(9-11)14-4-2-3-5-16(14)18/h2-5,8-9,13H,6-7,10,19H2,1H3. The normalized spacial score (nSPS) is 16.9. The molecule has 0 amide bonds. The molecule has 2 aromatic carbocycles. The molecule has 0 radical (unpaired) electrons. The Morgan fingerprint density at radius 3 is 2.80 bits per heavy atom. The van der Waals surface area contributed by atoms with Crippen LogP contribution in [0.4, 0.5) is 4.39 Å². The van der Waals surface area contributed by atoms with Crippen molar-refractivity contribution < 1.29 is 9.13 Å². The van der Waals surface area contributed by atoms with Crippen molar-refractivity contribution in [3.05, 3.63) is 53.3 Å². The first-order chi connectivity index (χ1) is 9.69. The first-order valence-electron chi connectivity index (χ1n) is 6.94. The van der Waals surface area contributed by atoms with Gasteiger partial charge in [-0.3, -0.25) is 0 Å². The summed E-state index contributed by atoms with van der Waals surface area (Å²) in [5.41, 5.74) is 9.33. The van der Waals surface area contributed by atoms with Gasteiger partial charge in [-0.25, -0.2) is 4.39 Å². The van der Waals surface area contributed by atoms with Crippen LogP contribution in [-0.4, -0.2) is 12.6 Å². The van der Waals surface area contributed by atoms with Gasteiger partial charge >= 0.3 is 0 Å². The van der Waals surface area contributed by atoms with Crippen LogP contribution in [0.5, 0.6) is 5.75 Å². The van der Waals surface area contributed by atoms with Gasteiger partial charge in [-0.2, -0.15) is 0 Å². The molecule has 104 valence electrons. The average molecular weight is 271 g/mol. The third-order valence-corrected chi connectivity index (χ3v) is 3.69. The Morgan fingerprint density at radius 1 is 1.25 bits per heavy atom. The van der Waals surface area contributed by atoms with Crippen LogP contribution in [0.15, 0.2) is 36.4 Å². The quantitative estimate of drug-likeness (QED) is 0.928. The van der Waals surface area contributed by atoms with Crippen LogP contribution >= 0.6 is 0 Å². The predicted octanol–water partition coefficient (Wildman–Crippen LogP) is 3.45. The molecule has 3 rings (SSSR count). The van der Waals surface area contributed by atoms with Crippen LogP contribution in [-0.2, 0) is 6.42 Å². The van der Waals surface area contributed by atoms with E-state index in [4.69, 9.17) is 10.5 Å². The predicted molar refractivity (Wildman–Crippen MR) is 78.4 cm³/mol. The highest BCUT2D eigenvalue weighted by molar-refractivity contribution is 5.74. The van der Waals surface area contributed by atoms with Crippen molar-refractivity contribution >= 4 is 0 Å². The molecule has 0 aliphatic carbocycles. The first kappa shape index (κ1) is 13.1. The Labute approximate surface area is 118 Å². The van der Waals surface area contributed by atoms with E-state index in [1.165, 1.54) is 6.07 Å². The smallest absolute Gasteiger partial charge is 0.131 e. The Morgan fingerprint density at radius 2 is 2.05 bits per heavy atom. The maximum atomic E-state index is 14.0. The topological polar surface area (TPSA) is 35.2 Å².